The van der Waals surface area contributed by atoms with E-state index in [0.29, 0.717) is 11.6 Å². The second kappa shape index (κ2) is 5.27. The molecule has 0 saturated carbocycles. The van der Waals surface area contributed by atoms with Crippen molar-refractivity contribution < 1.29 is 4.74 Å². The van der Waals surface area contributed by atoms with Crippen LogP contribution in [0.3, 0.4) is 0 Å². The molecule has 4 rings (SSSR count). The summed E-state index contributed by atoms with van der Waals surface area (Å²) in [5, 5.41) is 1.75. The van der Waals surface area contributed by atoms with Gasteiger partial charge >= 0.3 is 0 Å². The van der Waals surface area contributed by atoms with E-state index in [4.69, 9.17) is 27.1 Å². The van der Waals surface area contributed by atoms with Crippen molar-refractivity contribution in [3.05, 3.63) is 59.1 Å². The first kappa shape index (κ1) is 13.6. The Morgan fingerprint density at radius 3 is 2.91 bits per heavy atom. The Morgan fingerprint density at radius 1 is 1.18 bits per heavy atom. The molecule has 22 heavy (non-hydrogen) atoms. The van der Waals surface area contributed by atoms with Gasteiger partial charge in [0.2, 0.25) is 0 Å². The molecule has 2 aromatic carbocycles. The molecule has 0 aliphatic carbocycles. The van der Waals surface area contributed by atoms with Crippen LogP contribution in [0.25, 0.3) is 22.2 Å². The number of aromatic nitrogens is 1. The molecule has 1 atom stereocenters. The van der Waals surface area contributed by atoms with Gasteiger partial charge in [0.05, 0.1) is 16.2 Å². The van der Waals surface area contributed by atoms with Gasteiger partial charge in [0, 0.05) is 29.5 Å². The fourth-order valence-corrected chi connectivity index (χ4v) is 3.18. The average Bonchev–Trinajstić information content (AvgIpc) is 2.98. The van der Waals surface area contributed by atoms with E-state index < -0.39 is 0 Å². The quantitative estimate of drug-likeness (QED) is 0.783. The molecule has 1 aromatic heterocycles. The van der Waals surface area contributed by atoms with Crippen LogP contribution in [0.2, 0.25) is 5.02 Å². The van der Waals surface area contributed by atoms with Crippen LogP contribution in [0.4, 0.5) is 0 Å². The third-order valence-electron chi connectivity index (χ3n) is 4.01. The summed E-state index contributed by atoms with van der Waals surface area (Å²) in [6.45, 7) is 0.495. The van der Waals surface area contributed by atoms with Crippen molar-refractivity contribution in [2.45, 2.75) is 12.5 Å². The zero-order chi connectivity index (χ0) is 15.1. The van der Waals surface area contributed by atoms with Crippen LogP contribution >= 0.6 is 11.6 Å². The number of ether oxygens (including phenoxy) is 1. The molecular formula is C18H15ClN2O. The van der Waals surface area contributed by atoms with E-state index in [-0.39, 0.29) is 6.10 Å². The van der Waals surface area contributed by atoms with Gasteiger partial charge in [-0.3, -0.25) is 0 Å². The summed E-state index contributed by atoms with van der Waals surface area (Å²) in [6.07, 6.45) is 0.819. The minimum Gasteiger partial charge on any atom is -0.487 e. The number of nitrogens with two attached hydrogens (primary N) is 1. The standard InChI is InChI=1S/C18H15ClN2O/c19-15-9-12(7-13-8-14(10-20)22-18(13)15)17-6-5-11-3-1-2-4-16(11)21-17/h1-7,9,14H,8,10,20H2/t14-/m0/s1. The lowest BCUT2D eigenvalue weighted by molar-refractivity contribution is 0.241. The van der Waals surface area contributed by atoms with Crippen LogP contribution in [0, 0.1) is 0 Å². The number of rotatable bonds is 2. The molecule has 2 heterocycles. The Bertz CT molecular complexity index is 863. The van der Waals surface area contributed by atoms with E-state index in [0.717, 1.165) is 39.9 Å². The highest BCUT2D eigenvalue weighted by atomic mass is 35.5. The van der Waals surface area contributed by atoms with Crippen LogP contribution in [-0.4, -0.2) is 17.6 Å². The fraction of sp³-hybridized carbons (Fsp3) is 0.167. The first-order valence-electron chi connectivity index (χ1n) is 7.30. The number of nitrogens with zero attached hydrogens (tertiary/aromatic N) is 1. The molecule has 1 aliphatic rings. The van der Waals surface area contributed by atoms with Crippen LogP contribution in [-0.2, 0) is 6.42 Å². The van der Waals surface area contributed by atoms with Crippen LogP contribution < -0.4 is 10.5 Å². The highest BCUT2D eigenvalue weighted by molar-refractivity contribution is 6.32. The van der Waals surface area contributed by atoms with Gasteiger partial charge < -0.3 is 10.5 Å². The maximum atomic E-state index is 6.37. The molecule has 0 radical (unpaired) electrons. The van der Waals surface area contributed by atoms with Crippen molar-refractivity contribution in [3.8, 4) is 17.0 Å². The highest BCUT2D eigenvalue weighted by Crippen LogP contribution is 2.39. The van der Waals surface area contributed by atoms with Crippen LogP contribution in [0.1, 0.15) is 5.56 Å². The van der Waals surface area contributed by atoms with E-state index in [1.165, 1.54) is 0 Å². The number of benzene rings is 2. The normalized spacial score (nSPS) is 16.5. The smallest absolute Gasteiger partial charge is 0.141 e. The fourth-order valence-electron chi connectivity index (χ4n) is 2.89. The van der Waals surface area contributed by atoms with E-state index in [2.05, 4.69) is 18.2 Å². The molecule has 3 aromatic rings. The van der Waals surface area contributed by atoms with Crippen molar-refractivity contribution in [1.29, 1.82) is 0 Å². The van der Waals surface area contributed by atoms with Crippen molar-refractivity contribution in [2.75, 3.05) is 6.54 Å². The van der Waals surface area contributed by atoms with E-state index in [1.807, 2.05) is 30.3 Å². The molecule has 0 fully saturated rings. The molecule has 0 saturated heterocycles. The summed E-state index contributed by atoms with van der Waals surface area (Å²) < 4.78 is 5.77. The van der Waals surface area contributed by atoms with E-state index >= 15 is 0 Å². The number of hydrogen-bond donors (Lipinski definition) is 1. The summed E-state index contributed by atoms with van der Waals surface area (Å²) in [5.74, 6) is 0.765. The number of para-hydroxylation sites is 1. The second-order valence-electron chi connectivity index (χ2n) is 5.52. The minimum atomic E-state index is 0.0207. The Morgan fingerprint density at radius 2 is 2.05 bits per heavy atom. The van der Waals surface area contributed by atoms with Crippen molar-refractivity contribution in [1.82, 2.24) is 4.98 Å². The van der Waals surface area contributed by atoms with Gasteiger partial charge in [0.1, 0.15) is 11.9 Å². The second-order valence-corrected chi connectivity index (χ2v) is 5.92. The summed E-state index contributed by atoms with van der Waals surface area (Å²) >= 11 is 6.37. The number of halogens is 1. The molecule has 0 amide bonds. The molecule has 110 valence electrons. The monoisotopic (exact) mass is 310 g/mol. The van der Waals surface area contributed by atoms with Crippen LogP contribution in [0.5, 0.6) is 5.75 Å². The molecular weight excluding hydrogens is 296 g/mol. The predicted octanol–water partition coefficient (Wildman–Crippen LogP) is 3.82. The van der Waals surface area contributed by atoms with Gasteiger partial charge in [-0.2, -0.15) is 0 Å². The largest absolute Gasteiger partial charge is 0.487 e. The summed E-state index contributed by atoms with van der Waals surface area (Å²) in [6, 6.07) is 16.2. The third-order valence-corrected chi connectivity index (χ3v) is 4.29. The summed E-state index contributed by atoms with van der Waals surface area (Å²) in [5.41, 5.74) is 9.70. The predicted molar refractivity (Wildman–Crippen MR) is 89.4 cm³/mol. The molecule has 2 N–H and O–H groups in total. The lowest BCUT2D eigenvalue weighted by atomic mass is 10.0. The van der Waals surface area contributed by atoms with Crippen molar-refractivity contribution in [3.63, 3.8) is 0 Å². The first-order chi connectivity index (χ1) is 10.7. The average molecular weight is 311 g/mol. The van der Waals surface area contributed by atoms with Crippen molar-refractivity contribution in [2.24, 2.45) is 5.73 Å². The molecule has 0 spiro atoms. The lowest BCUT2D eigenvalue weighted by Gasteiger charge is -2.08. The van der Waals surface area contributed by atoms with Gasteiger partial charge in [-0.05, 0) is 24.3 Å². The highest BCUT2D eigenvalue weighted by Gasteiger charge is 2.25. The first-order valence-corrected chi connectivity index (χ1v) is 7.68. The van der Waals surface area contributed by atoms with Gasteiger partial charge in [0.15, 0.2) is 0 Å². The lowest BCUT2D eigenvalue weighted by Crippen LogP contribution is -2.24. The minimum absolute atomic E-state index is 0.0207. The van der Waals surface area contributed by atoms with E-state index in [9.17, 15) is 0 Å². The zero-order valence-electron chi connectivity index (χ0n) is 11.9. The Balaban J connectivity index is 1.81. The number of pyridine rings is 1. The van der Waals surface area contributed by atoms with Gasteiger partial charge in [-0.1, -0.05) is 35.9 Å². The Kier molecular flexibility index (Phi) is 3.25. The topological polar surface area (TPSA) is 48.1 Å². The van der Waals surface area contributed by atoms with Gasteiger partial charge in [-0.25, -0.2) is 4.98 Å². The molecule has 1 aliphatic heterocycles. The van der Waals surface area contributed by atoms with Crippen molar-refractivity contribution >= 4 is 22.5 Å². The van der Waals surface area contributed by atoms with Crippen LogP contribution in [0.15, 0.2) is 48.5 Å². The van der Waals surface area contributed by atoms with E-state index in [1.54, 1.807) is 0 Å². The molecule has 3 nitrogen and oxygen atoms in total. The molecule has 0 bridgehead atoms. The van der Waals surface area contributed by atoms with Gasteiger partial charge in [-0.15, -0.1) is 0 Å². The maximum Gasteiger partial charge on any atom is 0.141 e. The molecule has 4 heteroatoms. The molecule has 0 unspecified atom stereocenters. The Hall–Kier alpha value is -2.10. The number of hydrogen-bond acceptors (Lipinski definition) is 3. The summed E-state index contributed by atoms with van der Waals surface area (Å²) in [7, 11) is 0. The maximum absolute atomic E-state index is 6.37. The van der Waals surface area contributed by atoms with Gasteiger partial charge in [0.25, 0.3) is 0 Å². The number of fused-ring (bicyclic) bond motifs is 2. The SMILES string of the molecule is NC[C@@H]1Cc2cc(-c3ccc4ccccc4n3)cc(Cl)c2O1. The zero-order valence-corrected chi connectivity index (χ0v) is 12.7. The summed E-state index contributed by atoms with van der Waals surface area (Å²) in [4.78, 5) is 4.73. The Labute approximate surface area is 133 Å². The third kappa shape index (κ3) is 2.23.